The van der Waals surface area contributed by atoms with Crippen molar-refractivity contribution in [3.05, 3.63) is 12.2 Å². The molecule has 0 aromatic heterocycles. The van der Waals surface area contributed by atoms with Crippen LogP contribution in [0.25, 0.3) is 0 Å². The highest BCUT2D eigenvalue weighted by Crippen LogP contribution is 2.32. The van der Waals surface area contributed by atoms with Crippen LogP contribution in [0.3, 0.4) is 0 Å². The zero-order valence-electron chi connectivity index (χ0n) is 11.5. The van der Waals surface area contributed by atoms with Gasteiger partial charge in [0.15, 0.2) is 0 Å². The van der Waals surface area contributed by atoms with Gasteiger partial charge in [-0.3, -0.25) is 4.90 Å². The molecule has 2 rings (SSSR count). The van der Waals surface area contributed by atoms with Crippen molar-refractivity contribution in [3.63, 3.8) is 0 Å². The van der Waals surface area contributed by atoms with Crippen molar-refractivity contribution in [1.82, 2.24) is 10.2 Å². The maximum absolute atomic E-state index is 4.02. The second-order valence-corrected chi connectivity index (χ2v) is 6.09. The standard InChI is InChI=1S/C15H28N2/c1-4-17(11-12(2)3)8-7-13-9-14-5-6-15(10-13)16-14/h13-16H,2,4-11H2,1,3H3. The maximum Gasteiger partial charge on any atom is 0.0187 e. The monoisotopic (exact) mass is 236 g/mol. The highest BCUT2D eigenvalue weighted by molar-refractivity contribution is 4.94. The van der Waals surface area contributed by atoms with Gasteiger partial charge in [-0.15, -0.1) is 0 Å². The van der Waals surface area contributed by atoms with Crippen LogP contribution in [0.2, 0.25) is 0 Å². The zero-order valence-corrected chi connectivity index (χ0v) is 11.5. The Balaban J connectivity index is 1.72. The summed E-state index contributed by atoms with van der Waals surface area (Å²) in [6.45, 7) is 11.9. The molecule has 0 amide bonds. The lowest BCUT2D eigenvalue weighted by atomic mass is 9.89. The molecule has 2 unspecified atom stereocenters. The minimum absolute atomic E-state index is 0.843. The summed E-state index contributed by atoms with van der Waals surface area (Å²) in [6, 6.07) is 1.69. The first-order chi connectivity index (χ1) is 8.17. The van der Waals surface area contributed by atoms with E-state index in [1.165, 1.54) is 44.2 Å². The number of hydrogen-bond acceptors (Lipinski definition) is 2. The molecule has 2 nitrogen and oxygen atoms in total. The second-order valence-electron chi connectivity index (χ2n) is 6.09. The Morgan fingerprint density at radius 1 is 1.29 bits per heavy atom. The number of nitrogens with zero attached hydrogens (tertiary/aromatic N) is 1. The molecular weight excluding hydrogens is 208 g/mol. The first kappa shape index (κ1) is 13.1. The van der Waals surface area contributed by atoms with E-state index in [0.29, 0.717) is 0 Å². The molecule has 0 aliphatic carbocycles. The van der Waals surface area contributed by atoms with Crippen LogP contribution in [0.1, 0.15) is 46.0 Å². The minimum atomic E-state index is 0.843. The molecule has 2 aliphatic heterocycles. The number of fused-ring (bicyclic) bond motifs is 2. The molecule has 0 spiro atoms. The fraction of sp³-hybridized carbons (Fsp3) is 0.867. The molecule has 2 saturated heterocycles. The average molecular weight is 236 g/mol. The summed E-state index contributed by atoms with van der Waals surface area (Å²) < 4.78 is 0. The molecule has 2 fully saturated rings. The van der Waals surface area contributed by atoms with Crippen LogP contribution >= 0.6 is 0 Å². The Morgan fingerprint density at radius 3 is 2.47 bits per heavy atom. The molecule has 98 valence electrons. The fourth-order valence-electron chi connectivity index (χ4n) is 3.51. The van der Waals surface area contributed by atoms with Crippen molar-refractivity contribution >= 4 is 0 Å². The molecule has 2 aliphatic rings. The Hall–Kier alpha value is -0.340. The highest BCUT2D eigenvalue weighted by atomic mass is 15.1. The molecule has 1 N–H and O–H groups in total. The SMILES string of the molecule is C=C(C)CN(CC)CCC1CC2CCC(C1)N2. The molecule has 17 heavy (non-hydrogen) atoms. The number of hydrogen-bond donors (Lipinski definition) is 1. The third kappa shape index (κ3) is 3.82. The van der Waals surface area contributed by atoms with Crippen LogP contribution in [0, 0.1) is 5.92 Å². The van der Waals surface area contributed by atoms with Crippen LogP contribution in [-0.2, 0) is 0 Å². The molecule has 2 heterocycles. The second kappa shape index (κ2) is 6.01. The Kier molecular flexibility index (Phi) is 4.63. The van der Waals surface area contributed by atoms with Crippen LogP contribution in [-0.4, -0.2) is 36.6 Å². The average Bonchev–Trinajstić information content (AvgIpc) is 2.63. The lowest BCUT2D eigenvalue weighted by Crippen LogP contribution is -2.39. The van der Waals surface area contributed by atoms with E-state index in [2.05, 4.69) is 30.6 Å². The summed E-state index contributed by atoms with van der Waals surface area (Å²) in [7, 11) is 0. The number of likely N-dealkylation sites (N-methyl/N-ethyl adjacent to an activating group) is 1. The normalized spacial score (nSPS) is 32.1. The Bertz CT molecular complexity index is 250. The van der Waals surface area contributed by atoms with Crippen molar-refractivity contribution in [1.29, 1.82) is 0 Å². The molecule has 2 bridgehead atoms. The molecule has 0 saturated carbocycles. The summed E-state index contributed by atoms with van der Waals surface area (Å²) in [5.41, 5.74) is 1.29. The van der Waals surface area contributed by atoms with Crippen LogP contribution in [0.4, 0.5) is 0 Å². The van der Waals surface area contributed by atoms with Gasteiger partial charge in [-0.1, -0.05) is 19.1 Å². The van der Waals surface area contributed by atoms with E-state index in [9.17, 15) is 0 Å². The number of rotatable bonds is 6. The van der Waals surface area contributed by atoms with Gasteiger partial charge in [0, 0.05) is 18.6 Å². The van der Waals surface area contributed by atoms with Gasteiger partial charge in [-0.2, -0.15) is 0 Å². The van der Waals surface area contributed by atoms with Crippen molar-refractivity contribution < 1.29 is 0 Å². The van der Waals surface area contributed by atoms with Crippen LogP contribution < -0.4 is 5.32 Å². The van der Waals surface area contributed by atoms with Gasteiger partial charge in [-0.25, -0.2) is 0 Å². The van der Waals surface area contributed by atoms with E-state index in [-0.39, 0.29) is 0 Å². The summed E-state index contributed by atoms with van der Waals surface area (Å²) in [5.74, 6) is 0.966. The van der Waals surface area contributed by atoms with Gasteiger partial charge in [0.1, 0.15) is 0 Å². The zero-order chi connectivity index (χ0) is 12.3. The van der Waals surface area contributed by atoms with Crippen molar-refractivity contribution in [3.8, 4) is 0 Å². The summed E-state index contributed by atoms with van der Waals surface area (Å²) >= 11 is 0. The molecule has 2 atom stereocenters. The van der Waals surface area contributed by atoms with Crippen molar-refractivity contribution in [2.45, 2.75) is 58.0 Å². The Labute approximate surface area is 106 Å². The molecule has 2 heteroatoms. The van der Waals surface area contributed by atoms with E-state index in [1.54, 1.807) is 0 Å². The lowest BCUT2D eigenvalue weighted by molar-refractivity contribution is 0.234. The molecule has 0 aromatic carbocycles. The van der Waals surface area contributed by atoms with Crippen LogP contribution in [0.15, 0.2) is 12.2 Å². The van der Waals surface area contributed by atoms with Gasteiger partial charge in [0.05, 0.1) is 0 Å². The maximum atomic E-state index is 4.02. The predicted octanol–water partition coefficient (Wildman–Crippen LogP) is 2.81. The largest absolute Gasteiger partial charge is 0.311 e. The molecule has 0 radical (unpaired) electrons. The topological polar surface area (TPSA) is 15.3 Å². The predicted molar refractivity (Wildman–Crippen MR) is 74.2 cm³/mol. The summed E-state index contributed by atoms with van der Waals surface area (Å²) in [5, 5.41) is 3.73. The van der Waals surface area contributed by atoms with Gasteiger partial charge >= 0.3 is 0 Å². The van der Waals surface area contributed by atoms with E-state index >= 15 is 0 Å². The first-order valence-corrected chi connectivity index (χ1v) is 7.30. The third-order valence-corrected chi connectivity index (χ3v) is 4.37. The van der Waals surface area contributed by atoms with Crippen molar-refractivity contribution in [2.24, 2.45) is 5.92 Å². The summed E-state index contributed by atoms with van der Waals surface area (Å²) in [4.78, 5) is 2.53. The fourth-order valence-corrected chi connectivity index (χ4v) is 3.51. The smallest absolute Gasteiger partial charge is 0.0187 e. The molecular formula is C15H28N2. The molecule has 0 aromatic rings. The Morgan fingerprint density at radius 2 is 1.94 bits per heavy atom. The number of nitrogens with one attached hydrogen (secondary N) is 1. The van der Waals surface area contributed by atoms with Gasteiger partial charge < -0.3 is 5.32 Å². The van der Waals surface area contributed by atoms with Gasteiger partial charge in [0.2, 0.25) is 0 Å². The van der Waals surface area contributed by atoms with E-state index in [0.717, 1.165) is 31.1 Å². The number of piperidine rings is 1. The summed E-state index contributed by atoms with van der Waals surface area (Å²) in [6.07, 6.45) is 7.06. The van der Waals surface area contributed by atoms with E-state index in [4.69, 9.17) is 0 Å². The minimum Gasteiger partial charge on any atom is -0.311 e. The van der Waals surface area contributed by atoms with Gasteiger partial charge in [-0.05, 0) is 58.0 Å². The van der Waals surface area contributed by atoms with Gasteiger partial charge in [0.25, 0.3) is 0 Å². The lowest BCUT2D eigenvalue weighted by Gasteiger charge is -2.31. The first-order valence-electron chi connectivity index (χ1n) is 7.30. The van der Waals surface area contributed by atoms with E-state index in [1.807, 2.05) is 0 Å². The third-order valence-electron chi connectivity index (χ3n) is 4.37. The van der Waals surface area contributed by atoms with Crippen molar-refractivity contribution in [2.75, 3.05) is 19.6 Å². The van der Waals surface area contributed by atoms with Crippen LogP contribution in [0.5, 0.6) is 0 Å². The quantitative estimate of drug-likeness (QED) is 0.713. The van der Waals surface area contributed by atoms with E-state index < -0.39 is 0 Å². The highest BCUT2D eigenvalue weighted by Gasteiger charge is 2.33.